The highest BCUT2D eigenvalue weighted by atomic mass is 79.9. The molecule has 2 rings (SSSR count). The normalized spacial score (nSPS) is 10.7. The van der Waals surface area contributed by atoms with E-state index in [2.05, 4.69) is 27.8 Å². The molecule has 1 aromatic carbocycles. The summed E-state index contributed by atoms with van der Waals surface area (Å²) in [5.41, 5.74) is 7.86. The van der Waals surface area contributed by atoms with E-state index in [-0.39, 0.29) is 0 Å². The van der Waals surface area contributed by atoms with Gasteiger partial charge in [-0.05, 0) is 24.6 Å². The molecule has 0 fully saturated rings. The highest BCUT2D eigenvalue weighted by Gasteiger charge is 2.17. The quantitative estimate of drug-likeness (QED) is 0.938. The monoisotopic (exact) mass is 323 g/mol. The Labute approximate surface area is 121 Å². The lowest BCUT2D eigenvalue weighted by atomic mass is 10.1. The molecule has 0 aliphatic carbocycles. The highest BCUT2D eigenvalue weighted by molar-refractivity contribution is 9.10. The van der Waals surface area contributed by atoms with Gasteiger partial charge in [-0.3, -0.25) is 0 Å². The van der Waals surface area contributed by atoms with Gasteiger partial charge in [0.25, 0.3) is 0 Å². The van der Waals surface area contributed by atoms with Crippen LogP contribution in [0.25, 0.3) is 11.3 Å². The smallest absolute Gasteiger partial charge is 0.131 e. The molecule has 5 heteroatoms. The van der Waals surface area contributed by atoms with Crippen LogP contribution in [0.3, 0.4) is 0 Å². The second-order valence-electron chi connectivity index (χ2n) is 4.42. The number of nitrogens with two attached hydrogens (primary N) is 1. The molecule has 0 spiro atoms. The summed E-state index contributed by atoms with van der Waals surface area (Å²) in [7, 11) is 3.60. The summed E-state index contributed by atoms with van der Waals surface area (Å²) in [6.45, 7) is 2.13. The Balaban J connectivity index is 2.58. The zero-order chi connectivity index (χ0) is 14.0. The first-order valence-corrected chi connectivity index (χ1v) is 7.02. The highest BCUT2D eigenvalue weighted by Crippen LogP contribution is 2.35. The molecular weight excluding hydrogens is 306 g/mol. The molecule has 0 saturated carbocycles. The number of hydrogen-bond donors (Lipinski definition) is 1. The van der Waals surface area contributed by atoms with Gasteiger partial charge >= 0.3 is 0 Å². The second-order valence-corrected chi connectivity index (χ2v) is 5.33. The Hall–Kier alpha value is -1.49. The van der Waals surface area contributed by atoms with E-state index < -0.39 is 0 Å². The first kappa shape index (κ1) is 13.9. The number of nitrogens with zero attached hydrogens (tertiary/aromatic N) is 2. The molecule has 1 aromatic heterocycles. The van der Waals surface area contributed by atoms with Gasteiger partial charge in [0.15, 0.2) is 0 Å². The largest absolute Gasteiger partial charge is 0.496 e. The van der Waals surface area contributed by atoms with E-state index in [0.717, 1.165) is 40.1 Å². The predicted molar refractivity (Wildman–Crippen MR) is 81.3 cm³/mol. The van der Waals surface area contributed by atoms with Gasteiger partial charge in [-0.1, -0.05) is 22.9 Å². The number of benzene rings is 1. The second kappa shape index (κ2) is 5.65. The van der Waals surface area contributed by atoms with Crippen molar-refractivity contribution in [2.75, 3.05) is 12.8 Å². The fraction of sp³-hybridized carbons (Fsp3) is 0.357. The number of halogens is 1. The third-order valence-corrected chi connectivity index (χ3v) is 3.62. The molecule has 0 amide bonds. The molecule has 0 radical (unpaired) electrons. The van der Waals surface area contributed by atoms with Crippen molar-refractivity contribution in [2.24, 2.45) is 7.05 Å². The van der Waals surface area contributed by atoms with Gasteiger partial charge in [0.1, 0.15) is 23.1 Å². The lowest BCUT2D eigenvalue weighted by Crippen LogP contribution is -2.01. The summed E-state index contributed by atoms with van der Waals surface area (Å²) in [4.78, 5) is 4.66. The zero-order valence-corrected chi connectivity index (χ0v) is 13.0. The third kappa shape index (κ3) is 2.61. The van der Waals surface area contributed by atoms with E-state index in [4.69, 9.17) is 10.5 Å². The lowest BCUT2D eigenvalue weighted by Gasteiger charge is -2.07. The van der Waals surface area contributed by atoms with Crippen LogP contribution in [0.15, 0.2) is 22.7 Å². The molecule has 2 N–H and O–H groups in total. The van der Waals surface area contributed by atoms with E-state index in [1.54, 1.807) is 7.11 Å². The standard InChI is InChI=1S/C14H18BrN3O/c1-4-5-12-17-13(14(16)18(12)2)10-8-9(15)6-7-11(10)19-3/h6-8H,4-5,16H2,1-3H3. The van der Waals surface area contributed by atoms with Crippen LogP contribution in [-0.2, 0) is 13.5 Å². The predicted octanol–water partition coefficient (Wildman–Crippen LogP) is 3.39. The number of ether oxygens (including phenoxy) is 1. The number of aryl methyl sites for hydroxylation is 1. The van der Waals surface area contributed by atoms with E-state index >= 15 is 0 Å². The van der Waals surface area contributed by atoms with E-state index in [1.165, 1.54) is 0 Å². The SMILES string of the molecule is CCCc1nc(-c2cc(Br)ccc2OC)c(N)n1C. The fourth-order valence-corrected chi connectivity index (χ4v) is 2.43. The summed E-state index contributed by atoms with van der Waals surface area (Å²) in [6.07, 6.45) is 1.95. The molecular formula is C14H18BrN3O. The maximum Gasteiger partial charge on any atom is 0.131 e. The maximum atomic E-state index is 6.17. The van der Waals surface area contributed by atoms with Gasteiger partial charge in [0, 0.05) is 23.5 Å². The Morgan fingerprint density at radius 2 is 2.16 bits per heavy atom. The van der Waals surface area contributed by atoms with Crippen molar-refractivity contribution in [3.63, 3.8) is 0 Å². The van der Waals surface area contributed by atoms with Crippen molar-refractivity contribution in [1.29, 1.82) is 0 Å². The first-order valence-electron chi connectivity index (χ1n) is 6.23. The summed E-state index contributed by atoms with van der Waals surface area (Å²) in [5.74, 6) is 2.44. The van der Waals surface area contributed by atoms with E-state index in [0.29, 0.717) is 5.82 Å². The molecule has 102 valence electrons. The molecule has 0 bridgehead atoms. The molecule has 0 saturated heterocycles. The van der Waals surface area contributed by atoms with Crippen LogP contribution in [0.2, 0.25) is 0 Å². The van der Waals surface area contributed by atoms with Crippen LogP contribution in [0, 0.1) is 0 Å². The molecule has 4 nitrogen and oxygen atoms in total. The van der Waals surface area contributed by atoms with Crippen LogP contribution in [0.4, 0.5) is 5.82 Å². The minimum atomic E-state index is 0.667. The summed E-state index contributed by atoms with van der Waals surface area (Å²) in [6, 6.07) is 5.83. The van der Waals surface area contributed by atoms with Crippen LogP contribution < -0.4 is 10.5 Å². The van der Waals surface area contributed by atoms with Gasteiger partial charge in [-0.25, -0.2) is 4.98 Å². The minimum Gasteiger partial charge on any atom is -0.496 e. The zero-order valence-electron chi connectivity index (χ0n) is 11.4. The van der Waals surface area contributed by atoms with Crippen molar-refractivity contribution in [2.45, 2.75) is 19.8 Å². The number of aromatic nitrogens is 2. The van der Waals surface area contributed by atoms with Crippen molar-refractivity contribution < 1.29 is 4.74 Å². The van der Waals surface area contributed by atoms with Crippen molar-refractivity contribution in [3.8, 4) is 17.0 Å². The van der Waals surface area contributed by atoms with Crippen LogP contribution in [0.1, 0.15) is 19.2 Å². The average Bonchev–Trinajstić information content (AvgIpc) is 2.67. The van der Waals surface area contributed by atoms with Gasteiger partial charge < -0.3 is 15.0 Å². The van der Waals surface area contributed by atoms with Crippen molar-refractivity contribution >= 4 is 21.7 Å². The number of methoxy groups -OCH3 is 1. The number of hydrogen-bond acceptors (Lipinski definition) is 3. The Bertz CT molecular complexity index is 593. The molecule has 0 aliphatic heterocycles. The summed E-state index contributed by atoms with van der Waals surface area (Å²) >= 11 is 3.47. The number of nitrogen functional groups attached to an aromatic ring is 1. The van der Waals surface area contributed by atoms with Crippen LogP contribution in [-0.4, -0.2) is 16.7 Å². The van der Waals surface area contributed by atoms with Gasteiger partial charge in [-0.2, -0.15) is 0 Å². The maximum absolute atomic E-state index is 6.17. The molecule has 0 unspecified atom stereocenters. The van der Waals surface area contributed by atoms with Crippen LogP contribution in [0.5, 0.6) is 5.75 Å². The van der Waals surface area contributed by atoms with Crippen LogP contribution >= 0.6 is 15.9 Å². The summed E-state index contributed by atoms with van der Waals surface area (Å²) in [5, 5.41) is 0. The number of imidazole rings is 1. The van der Waals surface area contributed by atoms with Gasteiger partial charge in [0.2, 0.25) is 0 Å². The Kier molecular flexibility index (Phi) is 4.14. The summed E-state index contributed by atoms with van der Waals surface area (Å²) < 4.78 is 8.31. The molecule has 2 aromatic rings. The lowest BCUT2D eigenvalue weighted by molar-refractivity contribution is 0.416. The molecule has 1 heterocycles. The van der Waals surface area contributed by atoms with Gasteiger partial charge in [-0.15, -0.1) is 0 Å². The molecule has 0 aliphatic rings. The van der Waals surface area contributed by atoms with Crippen molar-refractivity contribution in [1.82, 2.24) is 9.55 Å². The Morgan fingerprint density at radius 1 is 1.42 bits per heavy atom. The topological polar surface area (TPSA) is 53.1 Å². The van der Waals surface area contributed by atoms with E-state index in [9.17, 15) is 0 Å². The van der Waals surface area contributed by atoms with Gasteiger partial charge in [0.05, 0.1) is 7.11 Å². The number of anilines is 1. The first-order chi connectivity index (χ1) is 9.08. The van der Waals surface area contributed by atoms with E-state index in [1.807, 2.05) is 29.8 Å². The average molecular weight is 324 g/mol. The Morgan fingerprint density at radius 3 is 2.79 bits per heavy atom. The molecule has 19 heavy (non-hydrogen) atoms. The number of rotatable bonds is 4. The third-order valence-electron chi connectivity index (χ3n) is 3.12. The fourth-order valence-electron chi connectivity index (χ4n) is 2.07. The molecule has 0 atom stereocenters. The van der Waals surface area contributed by atoms with Crippen molar-refractivity contribution in [3.05, 3.63) is 28.5 Å². The minimum absolute atomic E-state index is 0.667.